The minimum atomic E-state index is -4.90. The number of hydrogen-bond donors (Lipinski definition) is 1. The van der Waals surface area contributed by atoms with Crippen molar-refractivity contribution in [3.63, 3.8) is 0 Å². The highest BCUT2D eigenvalue weighted by molar-refractivity contribution is 6.22. The number of nitrogens with zero attached hydrogens (tertiary/aromatic N) is 3. The van der Waals surface area contributed by atoms with E-state index in [1.54, 1.807) is 12.2 Å². The van der Waals surface area contributed by atoms with Crippen LogP contribution in [0.3, 0.4) is 0 Å². The highest BCUT2D eigenvalue weighted by Crippen LogP contribution is 2.24. The van der Waals surface area contributed by atoms with Gasteiger partial charge in [-0.05, 0) is 6.42 Å². The number of alkyl halides is 4. The molecule has 1 N–H and O–H groups in total. The van der Waals surface area contributed by atoms with Gasteiger partial charge in [-0.25, -0.2) is 9.48 Å². The molecule has 0 aliphatic heterocycles. The summed E-state index contributed by atoms with van der Waals surface area (Å²) in [5, 5.41) is 12.9. The minimum Gasteiger partial charge on any atom is -0.468 e. The molecule has 2 atom stereocenters. The zero-order valence-corrected chi connectivity index (χ0v) is 13.8. The molecule has 0 aromatic carbocycles. The van der Waals surface area contributed by atoms with E-state index >= 15 is 0 Å². The number of esters is 1. The van der Waals surface area contributed by atoms with Gasteiger partial charge in [0.05, 0.1) is 19.0 Å². The van der Waals surface area contributed by atoms with Gasteiger partial charge >= 0.3 is 17.8 Å². The van der Waals surface area contributed by atoms with Crippen LogP contribution in [0, 0.1) is 0 Å². The molecule has 1 aromatic rings. The summed E-state index contributed by atoms with van der Waals surface area (Å²) in [5.41, 5.74) is -0.599. The fraction of sp³-hybridized carbons (Fsp3) is 0.500. The van der Waals surface area contributed by atoms with Gasteiger partial charge in [0.2, 0.25) is 0 Å². The van der Waals surface area contributed by atoms with Crippen LogP contribution in [0.25, 0.3) is 5.57 Å². The van der Waals surface area contributed by atoms with Crippen LogP contribution in [0.15, 0.2) is 23.0 Å². The van der Waals surface area contributed by atoms with E-state index in [9.17, 15) is 27.9 Å². The number of ether oxygens (including phenoxy) is 1. The molecule has 1 aromatic heterocycles. The van der Waals surface area contributed by atoms with Crippen LogP contribution in [0.5, 0.6) is 0 Å². The van der Waals surface area contributed by atoms with Crippen LogP contribution >= 0.6 is 11.6 Å². The first-order valence-electron chi connectivity index (χ1n) is 7.15. The first-order chi connectivity index (χ1) is 11.6. The Balaban J connectivity index is 2.45. The van der Waals surface area contributed by atoms with Crippen molar-refractivity contribution in [2.75, 3.05) is 7.11 Å². The van der Waals surface area contributed by atoms with Crippen LogP contribution in [0.4, 0.5) is 13.2 Å². The summed E-state index contributed by atoms with van der Waals surface area (Å²) in [6.07, 6.45) is -2.54. The van der Waals surface area contributed by atoms with Gasteiger partial charge in [0.15, 0.2) is 11.9 Å². The molecule has 0 bridgehead atoms. The molecule has 2 rings (SSSR count). The predicted octanol–water partition coefficient (Wildman–Crippen LogP) is 1.09. The number of halogens is 4. The van der Waals surface area contributed by atoms with Gasteiger partial charge in [-0.1, -0.05) is 18.2 Å². The summed E-state index contributed by atoms with van der Waals surface area (Å²) in [4.78, 5) is 23.7. The molecule has 7 nitrogen and oxygen atoms in total. The van der Waals surface area contributed by atoms with E-state index in [-0.39, 0.29) is 11.2 Å². The lowest BCUT2D eigenvalue weighted by Gasteiger charge is -2.16. The van der Waals surface area contributed by atoms with E-state index in [0.717, 1.165) is 7.11 Å². The van der Waals surface area contributed by atoms with Crippen LogP contribution in [-0.2, 0) is 22.6 Å². The molecule has 1 heterocycles. The van der Waals surface area contributed by atoms with Crippen molar-refractivity contribution in [2.24, 2.45) is 0 Å². The van der Waals surface area contributed by atoms with Gasteiger partial charge < -0.3 is 9.84 Å². The number of hydrogen-bond acceptors (Lipinski definition) is 5. The third-order valence-corrected chi connectivity index (χ3v) is 3.79. The Morgan fingerprint density at radius 3 is 2.76 bits per heavy atom. The number of methoxy groups -OCH3 is 1. The third-order valence-electron chi connectivity index (χ3n) is 3.47. The molecule has 0 saturated carbocycles. The maximum Gasteiger partial charge on any atom is 0.416 e. The number of carbonyl (C=O) groups is 1. The number of aliphatic hydroxyl groups excluding tert-OH is 1. The van der Waals surface area contributed by atoms with E-state index in [1.807, 2.05) is 0 Å². The summed E-state index contributed by atoms with van der Waals surface area (Å²) >= 11 is 5.90. The molecule has 25 heavy (non-hydrogen) atoms. The lowest BCUT2D eigenvalue weighted by Crippen LogP contribution is -2.37. The van der Waals surface area contributed by atoms with Gasteiger partial charge in [0.1, 0.15) is 6.54 Å². The maximum absolute atomic E-state index is 12.7. The summed E-state index contributed by atoms with van der Waals surface area (Å²) in [5.74, 6) is -0.888. The van der Waals surface area contributed by atoms with Crippen LogP contribution in [0.1, 0.15) is 12.2 Å². The SMILES string of the molecule is COC(=O)Cn1nc(C2=CCC(Cl)C=C2)n(C[C@@H](O)C(F)(F)F)c1=O. The first kappa shape index (κ1) is 19.3. The molecule has 138 valence electrons. The van der Waals surface area contributed by atoms with Crippen molar-refractivity contribution >= 4 is 23.1 Å². The normalized spacial score (nSPS) is 18.8. The van der Waals surface area contributed by atoms with E-state index in [1.165, 1.54) is 6.08 Å². The maximum atomic E-state index is 12.7. The molecule has 11 heteroatoms. The van der Waals surface area contributed by atoms with Gasteiger partial charge in [-0.2, -0.15) is 13.2 Å². The van der Waals surface area contributed by atoms with Crippen molar-refractivity contribution in [2.45, 2.75) is 37.2 Å². The van der Waals surface area contributed by atoms with Crippen LogP contribution in [0.2, 0.25) is 0 Å². The fourth-order valence-electron chi connectivity index (χ4n) is 2.15. The van der Waals surface area contributed by atoms with E-state index in [4.69, 9.17) is 11.6 Å². The Morgan fingerprint density at radius 1 is 1.56 bits per heavy atom. The Morgan fingerprint density at radius 2 is 2.24 bits per heavy atom. The van der Waals surface area contributed by atoms with E-state index < -0.39 is 37.0 Å². The van der Waals surface area contributed by atoms with Crippen molar-refractivity contribution in [1.82, 2.24) is 14.3 Å². The first-order valence-corrected chi connectivity index (χ1v) is 7.59. The smallest absolute Gasteiger partial charge is 0.416 e. The monoisotopic (exact) mass is 381 g/mol. The highest BCUT2D eigenvalue weighted by Gasteiger charge is 2.39. The molecular weight excluding hydrogens is 367 g/mol. The molecule has 0 saturated heterocycles. The molecule has 1 aliphatic rings. The summed E-state index contributed by atoms with van der Waals surface area (Å²) < 4.78 is 43.7. The van der Waals surface area contributed by atoms with Crippen molar-refractivity contribution in [1.29, 1.82) is 0 Å². The van der Waals surface area contributed by atoms with Crippen molar-refractivity contribution < 1.29 is 27.8 Å². The van der Waals surface area contributed by atoms with E-state index in [0.29, 0.717) is 21.2 Å². The van der Waals surface area contributed by atoms with E-state index in [2.05, 4.69) is 9.84 Å². The van der Waals surface area contributed by atoms with Gasteiger partial charge in [-0.15, -0.1) is 16.7 Å². The minimum absolute atomic E-state index is 0.1000. The second-order valence-corrected chi connectivity index (χ2v) is 5.84. The standard InChI is InChI=1S/C14H15ClF3N3O4/c1-25-11(23)7-21-13(24)20(6-10(22)14(16,17)18)12(19-21)8-2-4-9(15)5-3-8/h2-4,9-10,22H,5-7H2,1H3/t9?,10-/m1/s1. The second-order valence-electron chi connectivity index (χ2n) is 5.28. The third kappa shape index (κ3) is 4.51. The van der Waals surface area contributed by atoms with Crippen LogP contribution < -0.4 is 5.69 Å². The van der Waals surface area contributed by atoms with Crippen molar-refractivity contribution in [3.05, 3.63) is 34.5 Å². The molecular formula is C14H15ClF3N3O4. The number of carbonyl (C=O) groups excluding carboxylic acids is 1. The van der Waals surface area contributed by atoms with Crippen LogP contribution in [-0.4, -0.2) is 50.2 Å². The highest BCUT2D eigenvalue weighted by atomic mass is 35.5. The topological polar surface area (TPSA) is 86.3 Å². The molecule has 1 unspecified atom stereocenters. The molecule has 0 fully saturated rings. The van der Waals surface area contributed by atoms with Crippen molar-refractivity contribution in [3.8, 4) is 0 Å². The number of rotatable bonds is 5. The number of allylic oxidation sites excluding steroid dienone is 4. The lowest BCUT2D eigenvalue weighted by atomic mass is 10.1. The summed E-state index contributed by atoms with van der Waals surface area (Å²) in [6, 6.07) is 0. The molecule has 0 amide bonds. The fourth-order valence-corrected chi connectivity index (χ4v) is 2.31. The number of aliphatic hydroxyl groups is 1. The lowest BCUT2D eigenvalue weighted by molar-refractivity contribution is -0.207. The Kier molecular flexibility index (Phi) is 5.73. The second kappa shape index (κ2) is 7.44. The average Bonchev–Trinajstić information content (AvgIpc) is 2.84. The Hall–Kier alpha value is -2.07. The largest absolute Gasteiger partial charge is 0.468 e. The molecule has 1 aliphatic carbocycles. The predicted molar refractivity (Wildman–Crippen MR) is 81.9 cm³/mol. The zero-order chi connectivity index (χ0) is 18.8. The quantitative estimate of drug-likeness (QED) is 0.609. The van der Waals surface area contributed by atoms with Gasteiger partial charge in [-0.3, -0.25) is 9.36 Å². The van der Waals surface area contributed by atoms with Gasteiger partial charge in [0, 0.05) is 5.57 Å². The zero-order valence-electron chi connectivity index (χ0n) is 13.0. The molecule has 0 radical (unpaired) electrons. The summed E-state index contributed by atoms with van der Waals surface area (Å²) in [6.45, 7) is -1.61. The average molecular weight is 382 g/mol. The summed E-state index contributed by atoms with van der Waals surface area (Å²) in [7, 11) is 1.10. The Bertz CT molecular complexity index is 766. The number of aromatic nitrogens is 3. The molecule has 0 spiro atoms. The Labute approximate surface area is 144 Å². The van der Waals surface area contributed by atoms with Gasteiger partial charge in [0.25, 0.3) is 0 Å².